The van der Waals surface area contributed by atoms with Crippen molar-refractivity contribution in [1.29, 1.82) is 0 Å². The first kappa shape index (κ1) is 10.9. The topological polar surface area (TPSA) is 65.0 Å². The van der Waals surface area contributed by atoms with Crippen molar-refractivity contribution in [2.75, 3.05) is 0 Å². The molecule has 0 aliphatic rings. The highest BCUT2D eigenvalue weighted by Gasteiger charge is 2.19. The van der Waals surface area contributed by atoms with Gasteiger partial charge in [-0.15, -0.1) is 0 Å². The largest absolute Gasteiger partial charge is 0.456 e. The lowest BCUT2D eigenvalue weighted by molar-refractivity contribution is 0.669. The van der Waals surface area contributed by atoms with E-state index in [0.717, 1.165) is 0 Å². The summed E-state index contributed by atoms with van der Waals surface area (Å²) in [5.41, 5.74) is -5.40. The van der Waals surface area contributed by atoms with Crippen LogP contribution in [0.4, 0.5) is 0 Å². The van der Waals surface area contributed by atoms with E-state index in [4.69, 9.17) is 37.6 Å². The highest BCUT2D eigenvalue weighted by atomic mass is 16.3. The fraction of sp³-hybridized carbons (Fsp3) is 0. The smallest absolute Gasteiger partial charge is 0.167 e. The summed E-state index contributed by atoms with van der Waals surface area (Å²) in [6.07, 6.45) is 0. The molecule has 0 spiro atoms. The van der Waals surface area contributed by atoms with Crippen LogP contribution >= 0.6 is 0 Å². The van der Waals surface area contributed by atoms with Crippen molar-refractivity contribution in [1.82, 2.24) is 15.0 Å². The molecule has 0 fully saturated rings. The van der Waals surface area contributed by atoms with Crippen molar-refractivity contribution in [3.63, 3.8) is 0 Å². The Bertz CT molecular complexity index is 3750. The van der Waals surface area contributed by atoms with Gasteiger partial charge >= 0.3 is 0 Å². The summed E-state index contributed by atoms with van der Waals surface area (Å²) in [6, 6.07) is -18.6. The Balaban J connectivity index is 1.48. The lowest BCUT2D eigenvalue weighted by Gasteiger charge is -2.09. The molecule has 0 bridgehead atoms. The zero-order valence-corrected chi connectivity index (χ0v) is 21.7. The lowest BCUT2D eigenvalue weighted by atomic mass is 9.99. The molecule has 3 heterocycles. The number of fused-ring (bicyclic) bond motifs is 6. The Hall–Kier alpha value is -6.07. The van der Waals surface area contributed by atoms with E-state index >= 15 is 0 Å². The zero-order chi connectivity index (χ0) is 49.1. The van der Waals surface area contributed by atoms with Crippen LogP contribution in [-0.2, 0) is 0 Å². The highest BCUT2D eigenvalue weighted by molar-refractivity contribution is 6.13. The van der Waals surface area contributed by atoms with E-state index < -0.39 is 223 Å². The van der Waals surface area contributed by atoms with Gasteiger partial charge in [0.05, 0.1) is 37.1 Å². The van der Waals surface area contributed by atoms with Crippen LogP contribution in [0.5, 0.6) is 0 Å². The standard InChI is InChI=1S/C39H23N3O2/c1-3-11-24(12-4-1)27-16-10-20-34-35(27)31-23-26(21-22-33(31)43-34)38-40-37(25-13-5-2-6-14-25)41-39(42-38)30-18-9-17-29-28-15-7-8-19-32(28)44-36(29)30/h1-23H/i1D,2D,3D,4D,5D,6D,7D,8D,9D,10D,11D,12D,13D,14D,15D,16D,17D,18D,19D,20D,21D,22D,23D. The van der Waals surface area contributed by atoms with E-state index in [2.05, 4.69) is 15.0 Å². The molecule has 44 heavy (non-hydrogen) atoms. The third-order valence-electron chi connectivity index (χ3n) is 6.57. The molecular weight excluding hydrogens is 542 g/mol. The molecule has 0 N–H and O–H groups in total. The van der Waals surface area contributed by atoms with Crippen LogP contribution in [-0.4, -0.2) is 15.0 Å². The predicted molar refractivity (Wildman–Crippen MR) is 176 cm³/mol. The minimum Gasteiger partial charge on any atom is -0.456 e. The van der Waals surface area contributed by atoms with Crippen LogP contribution in [0.3, 0.4) is 0 Å². The maximum absolute atomic E-state index is 9.64. The molecule has 0 saturated carbocycles. The highest BCUT2D eigenvalue weighted by Crippen LogP contribution is 2.39. The van der Waals surface area contributed by atoms with E-state index in [1.807, 2.05) is 0 Å². The average Bonchev–Trinajstić information content (AvgIpc) is 3.90. The van der Waals surface area contributed by atoms with Crippen molar-refractivity contribution in [2.24, 2.45) is 0 Å². The molecule has 5 nitrogen and oxygen atoms in total. The second kappa shape index (κ2) is 9.75. The first-order chi connectivity index (χ1) is 31.4. The molecule has 0 aliphatic carbocycles. The van der Waals surface area contributed by atoms with Gasteiger partial charge in [0, 0.05) is 32.7 Å². The molecule has 0 radical (unpaired) electrons. The minimum absolute atomic E-state index is 0.354. The SMILES string of the molecule is [2H]c1c([2H])c([2H])c(-c2nc(-c3c([2H])c([2H])c4oc5c([2H])c([2H])c([2H])c(-c6c([2H])c([2H])c([2H])c([2H])c6[2H])c5c4c3[2H])nc(-c3c([2H])c([2H])c([2H])c4c3oc3c([2H])c([2H])c([2H])c([2H])c34)n2)c([2H])c1[2H]. The molecule has 5 heteroatoms. The number of furan rings is 2. The van der Waals surface area contributed by atoms with Gasteiger partial charge in [0.1, 0.15) is 22.3 Å². The average molecular weight is 589 g/mol. The fourth-order valence-corrected chi connectivity index (χ4v) is 4.69. The van der Waals surface area contributed by atoms with Gasteiger partial charge < -0.3 is 8.83 Å². The number of nitrogens with zero attached hydrogens (tertiary/aromatic N) is 3. The number of para-hydroxylation sites is 2. The Kier molecular flexibility index (Phi) is 2.41. The summed E-state index contributed by atoms with van der Waals surface area (Å²) in [5, 5.41) is -1.70. The third kappa shape index (κ3) is 3.91. The molecule has 0 unspecified atom stereocenters. The Morgan fingerprint density at radius 3 is 1.86 bits per heavy atom. The predicted octanol–water partition coefficient (Wildman–Crippen LogP) is 10.3. The van der Waals surface area contributed by atoms with Crippen LogP contribution in [0.25, 0.3) is 89.2 Å². The Morgan fingerprint density at radius 2 is 1.02 bits per heavy atom. The summed E-state index contributed by atoms with van der Waals surface area (Å²) in [4.78, 5) is 13.1. The maximum atomic E-state index is 9.64. The molecule has 206 valence electrons. The molecular formula is C39H23N3O2. The van der Waals surface area contributed by atoms with Crippen molar-refractivity contribution < 1.29 is 40.4 Å². The normalized spacial score (nSPS) is 19.0. The van der Waals surface area contributed by atoms with Crippen LogP contribution in [0, 0.1) is 0 Å². The van der Waals surface area contributed by atoms with Gasteiger partial charge in [-0.1, -0.05) is 103 Å². The van der Waals surface area contributed by atoms with Gasteiger partial charge in [-0.3, -0.25) is 0 Å². The molecule has 9 rings (SSSR count). The monoisotopic (exact) mass is 588 g/mol. The number of benzene rings is 6. The van der Waals surface area contributed by atoms with Crippen molar-refractivity contribution >= 4 is 43.9 Å². The van der Waals surface area contributed by atoms with Crippen molar-refractivity contribution in [2.45, 2.75) is 0 Å². The van der Waals surface area contributed by atoms with Gasteiger partial charge in [0.2, 0.25) is 0 Å². The van der Waals surface area contributed by atoms with E-state index in [1.165, 1.54) is 0 Å². The van der Waals surface area contributed by atoms with E-state index in [-0.39, 0.29) is 5.39 Å². The summed E-state index contributed by atoms with van der Waals surface area (Å²) < 4.78 is 211. The third-order valence-corrected chi connectivity index (χ3v) is 6.57. The van der Waals surface area contributed by atoms with E-state index in [9.17, 15) is 2.74 Å². The molecule has 0 atom stereocenters. The van der Waals surface area contributed by atoms with Crippen molar-refractivity contribution in [3.8, 4) is 45.3 Å². The lowest BCUT2D eigenvalue weighted by Crippen LogP contribution is -2.00. The zero-order valence-electron chi connectivity index (χ0n) is 44.7. The number of hydrogen-bond acceptors (Lipinski definition) is 5. The Labute approximate surface area is 284 Å². The fourth-order valence-electron chi connectivity index (χ4n) is 4.69. The number of rotatable bonds is 4. The quantitative estimate of drug-likeness (QED) is 0.205. The van der Waals surface area contributed by atoms with Gasteiger partial charge in [-0.25, -0.2) is 15.0 Å². The van der Waals surface area contributed by atoms with Crippen LogP contribution in [0.1, 0.15) is 31.5 Å². The van der Waals surface area contributed by atoms with Crippen LogP contribution in [0.2, 0.25) is 0 Å². The molecule has 6 aromatic carbocycles. The molecule has 0 aliphatic heterocycles. The van der Waals surface area contributed by atoms with Crippen LogP contribution in [0.15, 0.2) is 148 Å². The summed E-state index contributed by atoms with van der Waals surface area (Å²) >= 11 is 0. The molecule has 0 amide bonds. The minimum atomic E-state index is -0.889. The van der Waals surface area contributed by atoms with E-state index in [0.29, 0.717) is 0 Å². The van der Waals surface area contributed by atoms with Gasteiger partial charge in [0.25, 0.3) is 0 Å². The number of hydrogen-bond donors (Lipinski definition) is 0. The number of aromatic nitrogens is 3. The Morgan fingerprint density at radius 1 is 0.409 bits per heavy atom. The summed E-state index contributed by atoms with van der Waals surface area (Å²) in [7, 11) is 0. The van der Waals surface area contributed by atoms with Crippen molar-refractivity contribution in [3.05, 3.63) is 139 Å². The van der Waals surface area contributed by atoms with E-state index in [1.54, 1.807) is 0 Å². The molecule has 3 aromatic heterocycles. The first-order valence-electron chi connectivity index (χ1n) is 24.2. The van der Waals surface area contributed by atoms with Gasteiger partial charge in [0.15, 0.2) is 17.5 Å². The van der Waals surface area contributed by atoms with Crippen LogP contribution < -0.4 is 0 Å². The molecule has 0 saturated heterocycles. The van der Waals surface area contributed by atoms with Gasteiger partial charge in [-0.2, -0.15) is 0 Å². The maximum Gasteiger partial charge on any atom is 0.167 e. The first-order valence-corrected chi connectivity index (χ1v) is 12.7. The summed E-state index contributed by atoms with van der Waals surface area (Å²) in [5.74, 6) is -2.30. The van der Waals surface area contributed by atoms with Gasteiger partial charge in [-0.05, 0) is 47.4 Å². The summed E-state index contributed by atoms with van der Waals surface area (Å²) in [6.45, 7) is 0. The molecule has 9 aromatic rings. The second-order valence-electron chi connectivity index (χ2n) is 9.08. The second-order valence-corrected chi connectivity index (χ2v) is 9.08.